The first-order valence-electron chi connectivity index (χ1n) is 9.98. The molecule has 1 N–H and O–H groups in total. The third kappa shape index (κ3) is 5.08. The van der Waals surface area contributed by atoms with E-state index in [1.807, 2.05) is 11.8 Å². The van der Waals surface area contributed by atoms with E-state index in [1.54, 1.807) is 0 Å². The van der Waals surface area contributed by atoms with E-state index in [0.717, 1.165) is 25.8 Å². The summed E-state index contributed by atoms with van der Waals surface area (Å²) >= 11 is 0. The smallest absolute Gasteiger partial charge is 0.248 e. The largest absolute Gasteiger partial charge is 0.372 e. The lowest BCUT2D eigenvalue weighted by atomic mass is 9.93. The van der Waals surface area contributed by atoms with E-state index in [9.17, 15) is 9.59 Å². The molecule has 0 spiro atoms. The third-order valence-electron chi connectivity index (χ3n) is 5.78. The molecule has 6 nitrogen and oxygen atoms in total. The van der Waals surface area contributed by atoms with E-state index < -0.39 is 0 Å². The van der Waals surface area contributed by atoms with Gasteiger partial charge in [0.25, 0.3) is 0 Å². The van der Waals surface area contributed by atoms with Gasteiger partial charge in [-0.3, -0.25) is 14.5 Å². The highest BCUT2D eigenvalue weighted by Crippen LogP contribution is 2.22. The molecule has 1 aromatic rings. The maximum absolute atomic E-state index is 12.6. The minimum Gasteiger partial charge on any atom is -0.372 e. The van der Waals surface area contributed by atoms with E-state index in [-0.39, 0.29) is 24.3 Å². The number of hydrogen-bond acceptors (Lipinski definition) is 4. The Balaban J connectivity index is 1.43. The molecule has 2 heterocycles. The topological polar surface area (TPSA) is 61.9 Å². The number of carbonyl (C=O) groups excluding carboxylic acids is 2. The van der Waals surface area contributed by atoms with Gasteiger partial charge in [0.1, 0.15) is 6.61 Å². The molecule has 1 aromatic carbocycles. The fourth-order valence-electron chi connectivity index (χ4n) is 3.98. The zero-order valence-electron chi connectivity index (χ0n) is 16.4. The minimum atomic E-state index is 0.00215. The number of carbonyl (C=O) groups is 2. The molecule has 0 radical (unpaired) electrons. The molecule has 0 aliphatic carbocycles. The van der Waals surface area contributed by atoms with Gasteiger partial charge in [0.05, 0.1) is 0 Å². The van der Waals surface area contributed by atoms with Gasteiger partial charge in [-0.05, 0) is 44.4 Å². The summed E-state index contributed by atoms with van der Waals surface area (Å²) in [5, 5.41) is 3.15. The summed E-state index contributed by atoms with van der Waals surface area (Å²) in [6.07, 6.45) is 2.43. The normalized spacial score (nSPS) is 21.0. The molecule has 0 bridgehead atoms. The number of fused-ring (bicyclic) bond motifs is 1. The van der Waals surface area contributed by atoms with Gasteiger partial charge in [0, 0.05) is 44.7 Å². The molecule has 2 aliphatic heterocycles. The Bertz CT molecular complexity index is 656. The Labute approximate surface area is 161 Å². The third-order valence-corrected chi connectivity index (χ3v) is 5.78. The number of piperidine rings is 1. The molecule has 27 heavy (non-hydrogen) atoms. The van der Waals surface area contributed by atoms with Crippen LogP contribution in [0.2, 0.25) is 0 Å². The number of benzene rings is 1. The summed E-state index contributed by atoms with van der Waals surface area (Å²) in [5.41, 5.74) is 2.77. The number of hydrogen-bond donors (Lipinski definition) is 1. The monoisotopic (exact) mass is 373 g/mol. The van der Waals surface area contributed by atoms with E-state index in [1.165, 1.54) is 11.1 Å². The lowest BCUT2D eigenvalue weighted by Gasteiger charge is -2.35. The van der Waals surface area contributed by atoms with Crippen LogP contribution >= 0.6 is 0 Å². The van der Waals surface area contributed by atoms with Crippen molar-refractivity contribution in [2.75, 3.05) is 39.9 Å². The zero-order valence-corrected chi connectivity index (χ0v) is 16.4. The SMILES string of the molecule is CCOCC(=O)N1CCC(C(=O)NC[C@@H]2Cc3ccccc3CN2C)CC1. The fourth-order valence-corrected chi connectivity index (χ4v) is 3.98. The molecule has 6 heteroatoms. The van der Waals surface area contributed by atoms with Crippen molar-refractivity contribution >= 4 is 11.8 Å². The van der Waals surface area contributed by atoms with Crippen LogP contribution in [0.4, 0.5) is 0 Å². The Morgan fingerprint density at radius 1 is 1.19 bits per heavy atom. The molecule has 0 unspecified atom stereocenters. The quantitative estimate of drug-likeness (QED) is 0.820. The number of amides is 2. The van der Waals surface area contributed by atoms with Gasteiger partial charge in [0.15, 0.2) is 0 Å². The second-order valence-corrected chi connectivity index (χ2v) is 7.58. The van der Waals surface area contributed by atoms with Crippen molar-refractivity contribution in [2.45, 2.75) is 38.8 Å². The summed E-state index contributed by atoms with van der Waals surface area (Å²) < 4.78 is 5.19. The van der Waals surface area contributed by atoms with Crippen LogP contribution in [0.1, 0.15) is 30.9 Å². The summed E-state index contributed by atoms with van der Waals surface area (Å²) in [7, 11) is 2.12. The van der Waals surface area contributed by atoms with Crippen molar-refractivity contribution in [3.8, 4) is 0 Å². The maximum Gasteiger partial charge on any atom is 0.248 e. The maximum atomic E-state index is 12.6. The van der Waals surface area contributed by atoms with Gasteiger partial charge >= 0.3 is 0 Å². The molecule has 2 amide bonds. The molecule has 148 valence electrons. The number of rotatable bonds is 6. The van der Waals surface area contributed by atoms with Gasteiger partial charge in [-0.1, -0.05) is 24.3 Å². The van der Waals surface area contributed by atoms with Gasteiger partial charge in [-0.25, -0.2) is 0 Å². The zero-order chi connectivity index (χ0) is 19.2. The predicted octanol–water partition coefficient (Wildman–Crippen LogP) is 1.43. The van der Waals surface area contributed by atoms with Gasteiger partial charge in [-0.15, -0.1) is 0 Å². The van der Waals surface area contributed by atoms with Crippen LogP contribution in [0, 0.1) is 5.92 Å². The van der Waals surface area contributed by atoms with Crippen LogP contribution in [-0.4, -0.2) is 67.6 Å². The molecule has 2 aliphatic rings. The molecule has 3 rings (SSSR count). The highest BCUT2D eigenvalue weighted by Gasteiger charge is 2.29. The van der Waals surface area contributed by atoms with E-state index >= 15 is 0 Å². The molecule has 0 aromatic heterocycles. The van der Waals surface area contributed by atoms with Crippen LogP contribution in [-0.2, 0) is 27.3 Å². The van der Waals surface area contributed by atoms with E-state index in [2.05, 4.69) is 41.5 Å². The number of nitrogens with zero attached hydrogens (tertiary/aromatic N) is 2. The average molecular weight is 373 g/mol. The van der Waals surface area contributed by atoms with Gasteiger partial charge < -0.3 is 15.0 Å². The first kappa shape index (κ1) is 19.8. The molecule has 1 fully saturated rings. The lowest BCUT2D eigenvalue weighted by molar-refractivity contribution is -0.139. The Kier molecular flexibility index (Phi) is 6.85. The van der Waals surface area contributed by atoms with Crippen LogP contribution in [0.3, 0.4) is 0 Å². The van der Waals surface area contributed by atoms with Crippen molar-refractivity contribution in [1.29, 1.82) is 0 Å². The number of likely N-dealkylation sites (N-methyl/N-ethyl adjacent to an activating group) is 1. The highest BCUT2D eigenvalue weighted by atomic mass is 16.5. The van der Waals surface area contributed by atoms with E-state index in [4.69, 9.17) is 4.74 Å². The van der Waals surface area contributed by atoms with E-state index in [0.29, 0.717) is 32.3 Å². The average Bonchev–Trinajstić information content (AvgIpc) is 2.70. The second-order valence-electron chi connectivity index (χ2n) is 7.58. The van der Waals surface area contributed by atoms with Crippen LogP contribution in [0.5, 0.6) is 0 Å². The number of likely N-dealkylation sites (tertiary alicyclic amines) is 1. The summed E-state index contributed by atoms with van der Waals surface area (Å²) in [4.78, 5) is 28.7. The van der Waals surface area contributed by atoms with Crippen LogP contribution in [0.15, 0.2) is 24.3 Å². The van der Waals surface area contributed by atoms with Gasteiger partial charge in [-0.2, -0.15) is 0 Å². The summed E-state index contributed by atoms with van der Waals surface area (Å²) in [6, 6.07) is 8.87. The van der Waals surface area contributed by atoms with Crippen LogP contribution < -0.4 is 5.32 Å². The highest BCUT2D eigenvalue weighted by molar-refractivity contribution is 5.80. The van der Waals surface area contributed by atoms with Crippen molar-refractivity contribution in [3.05, 3.63) is 35.4 Å². The Morgan fingerprint density at radius 3 is 2.59 bits per heavy atom. The standard InChI is InChI=1S/C21H31N3O3/c1-3-27-15-20(25)24-10-8-16(9-11-24)21(26)22-13-19-12-17-6-4-5-7-18(17)14-23(19)2/h4-7,16,19H,3,8-15H2,1-2H3,(H,22,26)/t19-/m0/s1. The Hall–Kier alpha value is -1.92. The van der Waals surface area contributed by atoms with Gasteiger partial charge in [0.2, 0.25) is 11.8 Å². The molecular weight excluding hydrogens is 342 g/mol. The summed E-state index contributed by atoms with van der Waals surface area (Å²) in [6.45, 7) is 5.45. The first-order chi connectivity index (χ1) is 13.1. The molecule has 1 atom stereocenters. The van der Waals surface area contributed by atoms with Crippen molar-refractivity contribution < 1.29 is 14.3 Å². The Morgan fingerprint density at radius 2 is 1.89 bits per heavy atom. The second kappa shape index (κ2) is 9.33. The van der Waals surface area contributed by atoms with Crippen molar-refractivity contribution in [3.63, 3.8) is 0 Å². The van der Waals surface area contributed by atoms with Crippen molar-refractivity contribution in [1.82, 2.24) is 15.1 Å². The lowest BCUT2D eigenvalue weighted by Crippen LogP contribution is -2.48. The molecular formula is C21H31N3O3. The first-order valence-corrected chi connectivity index (χ1v) is 9.98. The molecule has 1 saturated heterocycles. The molecule has 0 saturated carbocycles. The fraction of sp³-hybridized carbons (Fsp3) is 0.619. The predicted molar refractivity (Wildman–Crippen MR) is 104 cm³/mol. The number of nitrogens with one attached hydrogen (secondary N) is 1. The summed E-state index contributed by atoms with van der Waals surface area (Å²) in [5.74, 6) is 0.152. The number of ether oxygens (including phenoxy) is 1. The van der Waals surface area contributed by atoms with Crippen LogP contribution in [0.25, 0.3) is 0 Å². The minimum absolute atomic E-state index is 0.00215. The van der Waals surface area contributed by atoms with Crippen molar-refractivity contribution in [2.24, 2.45) is 5.92 Å².